The molecule has 2 amide bonds. The summed E-state index contributed by atoms with van der Waals surface area (Å²) < 4.78 is 9.34. The van der Waals surface area contributed by atoms with Crippen molar-refractivity contribution in [2.45, 2.75) is 70.8 Å². The smallest absolute Gasteiger partial charge is 0.235 e. The second kappa shape index (κ2) is 12.9. The van der Waals surface area contributed by atoms with Gasteiger partial charge in [-0.3, -0.25) is 24.5 Å². The molecule has 10 heteroatoms. The molecule has 43 heavy (non-hydrogen) atoms. The molecule has 2 saturated heterocycles. The van der Waals surface area contributed by atoms with Gasteiger partial charge in [0.05, 0.1) is 17.7 Å². The number of carbonyl (C=O) groups is 2. The van der Waals surface area contributed by atoms with Gasteiger partial charge in [0, 0.05) is 67.8 Å². The highest BCUT2D eigenvalue weighted by atomic mass is 79.9. The van der Waals surface area contributed by atoms with E-state index in [1.54, 1.807) is 0 Å². The highest BCUT2D eigenvalue weighted by molar-refractivity contribution is 9.10. The van der Waals surface area contributed by atoms with Crippen LogP contribution in [0.4, 0.5) is 5.82 Å². The number of pyridine rings is 1. The molecule has 2 aliphatic heterocycles. The standard InChI is InChI=1S/C33H43BrN6O3/c1-21(19-23-7-9-24(10-8-23)43-28-6-4-5-27(34)22(28)2)20-39-15-17-40(18-16-39)32-31-25(13-14-35-32)30(37-38(31)3)26-11-12-29(41)36-33(26)42/h4-6,13-14,21,23-24,26H,7-12,15-20H2,1-3H3,(H,36,41,42)/t21-,23?,24?,26?/m0/s1. The summed E-state index contributed by atoms with van der Waals surface area (Å²) in [5.41, 5.74) is 2.88. The van der Waals surface area contributed by atoms with E-state index in [0.717, 1.165) is 84.1 Å². The first-order chi connectivity index (χ1) is 20.8. The number of aromatic nitrogens is 3. The van der Waals surface area contributed by atoms with Gasteiger partial charge in [0.1, 0.15) is 11.3 Å². The van der Waals surface area contributed by atoms with Crippen LogP contribution in [0.1, 0.15) is 69.0 Å². The molecule has 0 spiro atoms. The fraction of sp³-hybridized carbons (Fsp3) is 0.576. The van der Waals surface area contributed by atoms with Crippen molar-refractivity contribution in [2.24, 2.45) is 18.9 Å². The highest BCUT2D eigenvalue weighted by Gasteiger charge is 2.33. The number of imide groups is 1. The number of ether oxygens (including phenoxy) is 1. The number of halogens is 1. The largest absolute Gasteiger partial charge is 0.490 e. The van der Waals surface area contributed by atoms with Gasteiger partial charge in [-0.1, -0.05) is 28.9 Å². The van der Waals surface area contributed by atoms with Crippen LogP contribution in [0.2, 0.25) is 0 Å². The van der Waals surface area contributed by atoms with Crippen molar-refractivity contribution in [3.8, 4) is 5.75 Å². The first-order valence-corrected chi connectivity index (χ1v) is 16.6. The number of anilines is 1. The van der Waals surface area contributed by atoms with E-state index in [-0.39, 0.29) is 11.8 Å². The number of aryl methyl sites for hydroxylation is 1. The summed E-state index contributed by atoms with van der Waals surface area (Å²) in [5.74, 6) is 2.51. The Balaban J connectivity index is 0.997. The van der Waals surface area contributed by atoms with Crippen LogP contribution in [0, 0.1) is 18.8 Å². The van der Waals surface area contributed by atoms with Crippen LogP contribution in [-0.2, 0) is 16.6 Å². The van der Waals surface area contributed by atoms with Crippen LogP contribution < -0.4 is 15.0 Å². The molecule has 1 saturated carbocycles. The fourth-order valence-corrected chi connectivity index (χ4v) is 7.63. The highest BCUT2D eigenvalue weighted by Crippen LogP contribution is 2.35. The lowest BCUT2D eigenvalue weighted by Gasteiger charge is -2.37. The Hall–Kier alpha value is -2.98. The monoisotopic (exact) mass is 650 g/mol. The van der Waals surface area contributed by atoms with Gasteiger partial charge < -0.3 is 9.64 Å². The number of carbonyl (C=O) groups excluding carboxylic acids is 2. The zero-order valence-corrected chi connectivity index (χ0v) is 27.1. The average Bonchev–Trinajstić information content (AvgIpc) is 3.33. The molecule has 1 N–H and O–H groups in total. The van der Waals surface area contributed by atoms with E-state index >= 15 is 0 Å². The molecule has 2 aromatic heterocycles. The third-order valence-electron chi connectivity index (χ3n) is 9.61. The molecule has 1 aliphatic carbocycles. The Labute approximate surface area is 262 Å². The van der Waals surface area contributed by atoms with Crippen LogP contribution in [0.5, 0.6) is 5.75 Å². The normalized spacial score (nSPS) is 24.3. The van der Waals surface area contributed by atoms with E-state index in [2.05, 4.69) is 63.1 Å². The van der Waals surface area contributed by atoms with Gasteiger partial charge in [-0.2, -0.15) is 5.10 Å². The molecule has 1 aromatic carbocycles. The van der Waals surface area contributed by atoms with Gasteiger partial charge in [-0.25, -0.2) is 4.98 Å². The Kier molecular flexibility index (Phi) is 9.05. The van der Waals surface area contributed by atoms with E-state index < -0.39 is 5.92 Å². The van der Waals surface area contributed by atoms with E-state index in [4.69, 9.17) is 14.8 Å². The Bertz CT molecular complexity index is 1470. The number of hydrogen-bond acceptors (Lipinski definition) is 7. The SMILES string of the molecule is Cc1c(Br)cccc1OC1CCC(C[C@H](C)CN2CCN(c3nccc4c(C5CCC(=O)NC5=O)nn(C)c34)CC2)CC1. The van der Waals surface area contributed by atoms with E-state index in [1.165, 1.54) is 24.8 Å². The maximum atomic E-state index is 12.6. The maximum absolute atomic E-state index is 12.6. The first kappa shape index (κ1) is 30.1. The van der Waals surface area contributed by atoms with Gasteiger partial charge in [-0.05, 0) is 75.5 Å². The predicted octanol–water partition coefficient (Wildman–Crippen LogP) is 5.35. The number of piperidine rings is 1. The predicted molar refractivity (Wildman–Crippen MR) is 171 cm³/mol. The minimum atomic E-state index is -0.409. The number of nitrogens with one attached hydrogen (secondary N) is 1. The molecule has 0 bridgehead atoms. The molecule has 6 rings (SSSR count). The third-order valence-corrected chi connectivity index (χ3v) is 10.5. The molecular formula is C33H43BrN6O3. The summed E-state index contributed by atoms with van der Waals surface area (Å²) in [5, 5.41) is 8.17. The molecule has 230 valence electrons. The topological polar surface area (TPSA) is 92.6 Å². The molecule has 3 aliphatic rings. The van der Waals surface area contributed by atoms with Crippen molar-refractivity contribution in [1.82, 2.24) is 25.0 Å². The molecular weight excluding hydrogens is 608 g/mol. The molecule has 0 radical (unpaired) electrons. The van der Waals surface area contributed by atoms with Crippen LogP contribution in [0.3, 0.4) is 0 Å². The van der Waals surface area contributed by atoms with Crippen molar-refractivity contribution < 1.29 is 14.3 Å². The van der Waals surface area contributed by atoms with E-state index in [0.29, 0.717) is 24.9 Å². The Morgan fingerprint density at radius 3 is 2.58 bits per heavy atom. The van der Waals surface area contributed by atoms with Crippen LogP contribution in [-0.4, -0.2) is 70.3 Å². The second-order valence-corrected chi connectivity index (χ2v) is 13.6. The molecule has 3 aromatic rings. The van der Waals surface area contributed by atoms with Gasteiger partial charge in [0.25, 0.3) is 0 Å². The number of benzene rings is 1. The molecule has 1 unspecified atom stereocenters. The Morgan fingerprint density at radius 2 is 1.84 bits per heavy atom. The van der Waals surface area contributed by atoms with Crippen LogP contribution in [0.15, 0.2) is 34.9 Å². The van der Waals surface area contributed by atoms with Crippen molar-refractivity contribution in [3.63, 3.8) is 0 Å². The molecule has 9 nitrogen and oxygen atoms in total. The minimum absolute atomic E-state index is 0.208. The molecule has 4 heterocycles. The number of fused-ring (bicyclic) bond motifs is 1. The van der Waals surface area contributed by atoms with Gasteiger partial charge in [-0.15, -0.1) is 0 Å². The van der Waals surface area contributed by atoms with Crippen molar-refractivity contribution >= 4 is 44.5 Å². The van der Waals surface area contributed by atoms with Crippen LogP contribution in [0.25, 0.3) is 10.9 Å². The zero-order valence-electron chi connectivity index (χ0n) is 25.5. The zero-order chi connectivity index (χ0) is 30.1. The molecule has 2 atom stereocenters. The van der Waals surface area contributed by atoms with Gasteiger partial charge in [0.15, 0.2) is 5.82 Å². The third kappa shape index (κ3) is 6.60. The number of nitrogens with zero attached hydrogens (tertiary/aromatic N) is 5. The summed E-state index contributed by atoms with van der Waals surface area (Å²) in [4.78, 5) is 34.0. The summed E-state index contributed by atoms with van der Waals surface area (Å²) in [6, 6.07) is 8.15. The summed E-state index contributed by atoms with van der Waals surface area (Å²) >= 11 is 3.62. The first-order valence-electron chi connectivity index (χ1n) is 15.8. The van der Waals surface area contributed by atoms with Crippen molar-refractivity contribution in [2.75, 3.05) is 37.6 Å². The minimum Gasteiger partial charge on any atom is -0.490 e. The summed E-state index contributed by atoms with van der Waals surface area (Å²) in [6.45, 7) is 9.49. The number of piperazine rings is 1. The maximum Gasteiger partial charge on any atom is 0.235 e. The Morgan fingerprint density at radius 1 is 1.07 bits per heavy atom. The van der Waals surface area contributed by atoms with E-state index in [9.17, 15) is 9.59 Å². The fourth-order valence-electron chi connectivity index (χ4n) is 7.28. The van der Waals surface area contributed by atoms with Gasteiger partial charge in [0.2, 0.25) is 11.8 Å². The number of rotatable bonds is 8. The second-order valence-electron chi connectivity index (χ2n) is 12.8. The lowest BCUT2D eigenvalue weighted by atomic mass is 9.82. The van der Waals surface area contributed by atoms with E-state index in [1.807, 2.05) is 24.0 Å². The summed E-state index contributed by atoms with van der Waals surface area (Å²) in [6.07, 6.45) is 9.03. The lowest BCUT2D eigenvalue weighted by molar-refractivity contribution is -0.134. The number of hydrogen-bond donors (Lipinski definition) is 1. The molecule has 3 fully saturated rings. The van der Waals surface area contributed by atoms with Crippen LogP contribution >= 0.6 is 15.9 Å². The lowest BCUT2D eigenvalue weighted by Crippen LogP contribution is -2.48. The summed E-state index contributed by atoms with van der Waals surface area (Å²) in [7, 11) is 1.92. The van der Waals surface area contributed by atoms with Crippen molar-refractivity contribution in [1.29, 1.82) is 0 Å². The average molecular weight is 652 g/mol. The van der Waals surface area contributed by atoms with Gasteiger partial charge >= 0.3 is 0 Å². The quantitative estimate of drug-likeness (QED) is 0.329. The van der Waals surface area contributed by atoms with Crippen molar-refractivity contribution in [3.05, 3.63) is 46.2 Å². The number of amides is 2.